The molecule has 2 aromatic rings. The number of amides is 2. The van der Waals surface area contributed by atoms with Crippen LogP contribution >= 0.6 is 0 Å². The van der Waals surface area contributed by atoms with Gasteiger partial charge in [0, 0.05) is 18.9 Å². The third kappa shape index (κ3) is 6.37. The molecule has 34 heavy (non-hydrogen) atoms. The van der Waals surface area contributed by atoms with Gasteiger partial charge >= 0.3 is 12.1 Å². The molecular weight excluding hydrogens is 432 g/mol. The third-order valence-electron chi connectivity index (χ3n) is 6.36. The van der Waals surface area contributed by atoms with Crippen LogP contribution in [0.4, 0.5) is 4.79 Å². The molecule has 0 saturated heterocycles. The van der Waals surface area contributed by atoms with Gasteiger partial charge in [-0.2, -0.15) is 0 Å². The normalized spacial score (nSPS) is 14.1. The second-order valence-corrected chi connectivity index (χ2v) is 9.31. The van der Waals surface area contributed by atoms with Gasteiger partial charge < -0.3 is 20.5 Å². The van der Waals surface area contributed by atoms with Crippen LogP contribution in [0.2, 0.25) is 0 Å². The highest BCUT2D eigenvalue weighted by Gasteiger charge is 2.29. The van der Waals surface area contributed by atoms with E-state index in [9.17, 15) is 19.5 Å². The van der Waals surface area contributed by atoms with Gasteiger partial charge in [0.05, 0.1) is 0 Å². The maximum atomic E-state index is 12.3. The Balaban J connectivity index is 1.38. The van der Waals surface area contributed by atoms with Crippen molar-refractivity contribution in [2.75, 3.05) is 13.2 Å². The highest BCUT2D eigenvalue weighted by molar-refractivity contribution is 5.83. The number of ether oxygens (including phenoxy) is 1. The van der Waals surface area contributed by atoms with Crippen LogP contribution in [0.25, 0.3) is 11.1 Å². The SMILES string of the molecule is CC(CCNC(=O)OCC1c2ccccc2-c2ccccc21)CCC(=O)N[C@@H](C(=O)O)C(C)C. The lowest BCUT2D eigenvalue weighted by Crippen LogP contribution is -2.44. The summed E-state index contributed by atoms with van der Waals surface area (Å²) in [6.07, 6.45) is 1.11. The molecule has 3 N–H and O–H groups in total. The zero-order valence-electron chi connectivity index (χ0n) is 20.0. The van der Waals surface area contributed by atoms with Gasteiger partial charge in [-0.05, 0) is 46.9 Å². The van der Waals surface area contributed by atoms with Crippen molar-refractivity contribution in [1.29, 1.82) is 0 Å². The molecule has 1 aliphatic rings. The van der Waals surface area contributed by atoms with E-state index in [4.69, 9.17) is 4.74 Å². The number of nitrogens with one attached hydrogen (secondary N) is 2. The van der Waals surface area contributed by atoms with Gasteiger partial charge in [0.25, 0.3) is 0 Å². The van der Waals surface area contributed by atoms with E-state index in [0.29, 0.717) is 19.4 Å². The largest absolute Gasteiger partial charge is 0.480 e. The predicted molar refractivity (Wildman–Crippen MR) is 130 cm³/mol. The van der Waals surface area contributed by atoms with Crippen LogP contribution < -0.4 is 10.6 Å². The minimum absolute atomic E-state index is 0.0241. The number of carboxylic acids is 1. The number of carbonyl (C=O) groups excluding carboxylic acids is 2. The van der Waals surface area contributed by atoms with Gasteiger partial charge in [0.1, 0.15) is 12.6 Å². The minimum Gasteiger partial charge on any atom is -0.480 e. The fraction of sp³-hybridized carbons (Fsp3) is 0.444. The molecule has 2 amide bonds. The molecule has 7 heteroatoms. The molecule has 0 radical (unpaired) electrons. The van der Waals surface area contributed by atoms with Crippen LogP contribution in [0.15, 0.2) is 48.5 Å². The zero-order chi connectivity index (χ0) is 24.7. The minimum atomic E-state index is -1.02. The molecule has 0 fully saturated rings. The van der Waals surface area contributed by atoms with Gasteiger partial charge in [-0.15, -0.1) is 0 Å². The highest BCUT2D eigenvalue weighted by atomic mass is 16.5. The lowest BCUT2D eigenvalue weighted by atomic mass is 9.98. The van der Waals surface area contributed by atoms with Crippen molar-refractivity contribution in [1.82, 2.24) is 10.6 Å². The van der Waals surface area contributed by atoms with Gasteiger partial charge in [-0.3, -0.25) is 4.79 Å². The molecule has 7 nitrogen and oxygen atoms in total. The number of hydrogen-bond donors (Lipinski definition) is 3. The van der Waals surface area contributed by atoms with E-state index in [1.807, 2.05) is 31.2 Å². The average Bonchev–Trinajstić information content (AvgIpc) is 3.13. The first kappa shape index (κ1) is 25.3. The Morgan fingerprint density at radius 2 is 1.53 bits per heavy atom. The smallest absolute Gasteiger partial charge is 0.407 e. The molecule has 0 saturated carbocycles. The molecule has 0 aromatic heterocycles. The van der Waals surface area contributed by atoms with Crippen LogP contribution in [0.3, 0.4) is 0 Å². The fourth-order valence-corrected chi connectivity index (χ4v) is 4.35. The summed E-state index contributed by atoms with van der Waals surface area (Å²) in [4.78, 5) is 35.5. The van der Waals surface area contributed by atoms with Crippen molar-refractivity contribution in [2.24, 2.45) is 11.8 Å². The molecule has 3 rings (SSSR count). The van der Waals surface area contributed by atoms with Crippen molar-refractivity contribution < 1.29 is 24.2 Å². The van der Waals surface area contributed by atoms with E-state index in [2.05, 4.69) is 34.9 Å². The Bertz CT molecular complexity index is 974. The lowest BCUT2D eigenvalue weighted by molar-refractivity contribution is -0.143. The quantitative estimate of drug-likeness (QED) is 0.450. The molecule has 0 bridgehead atoms. The standard InChI is InChI=1S/C27H34N2O5/c1-17(2)25(26(31)32)29-24(30)13-12-18(3)14-15-28-27(33)34-16-23-21-10-6-4-8-19(21)20-9-5-7-11-22(20)23/h4-11,17-18,23,25H,12-16H2,1-3H3,(H,28,33)(H,29,30)(H,31,32)/t18?,25-/m1/s1. The number of rotatable bonds is 11. The molecular formula is C27H34N2O5. The first-order valence-corrected chi connectivity index (χ1v) is 11.9. The van der Waals surface area contributed by atoms with Gasteiger partial charge in [-0.1, -0.05) is 69.3 Å². The molecule has 0 aliphatic heterocycles. The van der Waals surface area contributed by atoms with Crippen LogP contribution in [0.5, 0.6) is 0 Å². The summed E-state index contributed by atoms with van der Waals surface area (Å²) in [6, 6.07) is 15.5. The average molecular weight is 467 g/mol. The van der Waals surface area contributed by atoms with Gasteiger partial charge in [0.15, 0.2) is 0 Å². The van der Waals surface area contributed by atoms with Crippen molar-refractivity contribution in [3.05, 3.63) is 59.7 Å². The number of carbonyl (C=O) groups is 3. The number of benzene rings is 2. The maximum absolute atomic E-state index is 12.3. The summed E-state index contributed by atoms with van der Waals surface area (Å²) in [5.41, 5.74) is 4.72. The van der Waals surface area contributed by atoms with Crippen molar-refractivity contribution in [3.63, 3.8) is 0 Å². The van der Waals surface area contributed by atoms with Crippen molar-refractivity contribution >= 4 is 18.0 Å². The highest BCUT2D eigenvalue weighted by Crippen LogP contribution is 2.44. The molecule has 0 heterocycles. The van der Waals surface area contributed by atoms with E-state index in [-0.39, 0.29) is 36.7 Å². The lowest BCUT2D eigenvalue weighted by Gasteiger charge is -2.18. The van der Waals surface area contributed by atoms with Gasteiger partial charge in [0.2, 0.25) is 5.91 Å². The Morgan fingerprint density at radius 3 is 2.09 bits per heavy atom. The zero-order valence-corrected chi connectivity index (χ0v) is 20.0. The Kier molecular flexibility index (Phi) is 8.68. The second kappa shape index (κ2) is 11.7. The van der Waals surface area contributed by atoms with Crippen molar-refractivity contribution in [3.8, 4) is 11.1 Å². The van der Waals surface area contributed by atoms with Crippen LogP contribution in [0, 0.1) is 11.8 Å². The first-order chi connectivity index (χ1) is 16.3. The number of alkyl carbamates (subject to hydrolysis) is 1. The number of aliphatic carboxylic acids is 1. The number of hydrogen-bond acceptors (Lipinski definition) is 4. The first-order valence-electron chi connectivity index (χ1n) is 11.9. The van der Waals surface area contributed by atoms with E-state index in [1.54, 1.807) is 13.8 Å². The summed E-state index contributed by atoms with van der Waals surface area (Å²) in [5.74, 6) is -1.25. The molecule has 1 aliphatic carbocycles. The van der Waals surface area contributed by atoms with E-state index in [1.165, 1.54) is 22.3 Å². The number of fused-ring (bicyclic) bond motifs is 3. The molecule has 2 atom stereocenters. The molecule has 1 unspecified atom stereocenters. The van der Waals surface area contributed by atoms with Crippen LogP contribution in [-0.4, -0.2) is 42.3 Å². The molecule has 2 aromatic carbocycles. The summed E-state index contributed by atoms with van der Waals surface area (Å²) in [5, 5.41) is 14.6. The van der Waals surface area contributed by atoms with Crippen LogP contribution in [-0.2, 0) is 14.3 Å². The van der Waals surface area contributed by atoms with E-state index >= 15 is 0 Å². The second-order valence-electron chi connectivity index (χ2n) is 9.31. The maximum Gasteiger partial charge on any atom is 0.407 e. The van der Waals surface area contributed by atoms with Crippen LogP contribution in [0.1, 0.15) is 57.1 Å². The van der Waals surface area contributed by atoms with E-state index < -0.39 is 18.1 Å². The van der Waals surface area contributed by atoms with Gasteiger partial charge in [-0.25, -0.2) is 9.59 Å². The van der Waals surface area contributed by atoms with Crippen molar-refractivity contribution in [2.45, 2.75) is 52.0 Å². The topological polar surface area (TPSA) is 105 Å². The predicted octanol–water partition coefficient (Wildman–Crippen LogP) is 4.56. The third-order valence-corrected chi connectivity index (χ3v) is 6.36. The Labute approximate surface area is 200 Å². The van der Waals surface area contributed by atoms with E-state index in [0.717, 1.165) is 0 Å². The summed E-state index contributed by atoms with van der Waals surface area (Å²) in [7, 11) is 0. The molecule has 0 spiro atoms. The molecule has 182 valence electrons. The summed E-state index contributed by atoms with van der Waals surface area (Å²) >= 11 is 0. The summed E-state index contributed by atoms with van der Waals surface area (Å²) < 4.78 is 5.54. The fourth-order valence-electron chi connectivity index (χ4n) is 4.35. The monoisotopic (exact) mass is 466 g/mol. The summed E-state index contributed by atoms with van der Waals surface area (Å²) in [6.45, 7) is 6.25. The number of carboxylic acid groups (broad SMARTS) is 1. The Hall–Kier alpha value is -3.35. The Morgan fingerprint density at radius 1 is 0.941 bits per heavy atom.